The topological polar surface area (TPSA) is 225 Å². The third-order valence-electron chi connectivity index (χ3n) is 5.48. The van der Waals surface area contributed by atoms with E-state index in [1.807, 2.05) is 0 Å². The van der Waals surface area contributed by atoms with Crippen molar-refractivity contribution in [1.29, 1.82) is 0 Å². The van der Waals surface area contributed by atoms with Crippen molar-refractivity contribution in [3.63, 3.8) is 0 Å². The molecular formula is C18H31NO13. The lowest BCUT2D eigenvalue weighted by atomic mass is 9.88. The van der Waals surface area contributed by atoms with Crippen LogP contribution in [0.2, 0.25) is 0 Å². The standard InChI is InChI=1S/C18H31NO13/c1-7(22)19-13-8(23)4-18(17(27)28,32-16(13)14(25)9(24)5-20)31-10-3-12(29-2)30-11(6-21)15(10)26/h8-16,20-21,23-26H,3-6H2,1-2H3,(H,19,22)(H,27,28)/t8-,9+,10+,11+,12+,13+,14+,15+,16+,18+/m0/s1. The minimum Gasteiger partial charge on any atom is -0.477 e. The second-order valence-corrected chi connectivity index (χ2v) is 7.78. The number of hydrogen-bond donors (Lipinski definition) is 8. The first-order valence-electron chi connectivity index (χ1n) is 9.98. The van der Waals surface area contributed by atoms with E-state index in [1.165, 1.54) is 7.11 Å². The highest BCUT2D eigenvalue weighted by molar-refractivity contribution is 5.76. The first-order chi connectivity index (χ1) is 15.0. The first kappa shape index (κ1) is 26.8. The number of amides is 1. The van der Waals surface area contributed by atoms with E-state index in [0.717, 1.165) is 6.92 Å². The molecule has 0 aromatic heterocycles. The molecule has 2 aliphatic heterocycles. The van der Waals surface area contributed by atoms with Gasteiger partial charge in [-0.05, 0) is 0 Å². The summed E-state index contributed by atoms with van der Waals surface area (Å²) in [6.45, 7) is -0.428. The van der Waals surface area contributed by atoms with Gasteiger partial charge in [0.25, 0.3) is 5.79 Å². The number of carbonyl (C=O) groups is 2. The molecule has 0 unspecified atom stereocenters. The molecule has 1 amide bonds. The summed E-state index contributed by atoms with van der Waals surface area (Å²) in [6, 6.07) is -1.35. The van der Waals surface area contributed by atoms with Gasteiger partial charge in [0.15, 0.2) is 6.29 Å². The molecular weight excluding hydrogens is 438 g/mol. The molecule has 0 aromatic carbocycles. The fourth-order valence-electron chi connectivity index (χ4n) is 3.81. The third kappa shape index (κ3) is 5.72. The highest BCUT2D eigenvalue weighted by Crippen LogP contribution is 2.37. The number of rotatable bonds is 9. The summed E-state index contributed by atoms with van der Waals surface area (Å²) in [5.41, 5.74) is 0. The number of aliphatic hydroxyl groups excluding tert-OH is 6. The summed E-state index contributed by atoms with van der Waals surface area (Å²) < 4.78 is 21.5. The zero-order valence-electron chi connectivity index (χ0n) is 17.6. The molecule has 0 saturated carbocycles. The quantitative estimate of drug-likeness (QED) is 0.160. The number of aliphatic hydroxyl groups is 6. The van der Waals surface area contributed by atoms with E-state index in [4.69, 9.17) is 18.9 Å². The van der Waals surface area contributed by atoms with Crippen LogP contribution in [-0.2, 0) is 28.5 Å². The second kappa shape index (κ2) is 11.1. The Balaban J connectivity index is 2.38. The monoisotopic (exact) mass is 469 g/mol. The van der Waals surface area contributed by atoms with Crippen molar-refractivity contribution < 1.29 is 64.3 Å². The summed E-state index contributed by atoms with van der Waals surface area (Å²) in [5, 5.41) is 72.2. The predicted molar refractivity (Wildman–Crippen MR) is 101 cm³/mol. The fraction of sp³-hybridized carbons (Fsp3) is 0.889. The highest BCUT2D eigenvalue weighted by atomic mass is 16.7. The van der Waals surface area contributed by atoms with Gasteiger partial charge in [-0.15, -0.1) is 0 Å². The molecule has 0 aliphatic carbocycles. The van der Waals surface area contributed by atoms with Gasteiger partial charge in [0.2, 0.25) is 5.91 Å². The molecule has 8 N–H and O–H groups in total. The molecule has 14 nitrogen and oxygen atoms in total. The van der Waals surface area contributed by atoms with Crippen LogP contribution < -0.4 is 5.32 Å². The summed E-state index contributed by atoms with van der Waals surface area (Å²) >= 11 is 0. The van der Waals surface area contributed by atoms with Crippen LogP contribution in [0.3, 0.4) is 0 Å². The zero-order valence-corrected chi connectivity index (χ0v) is 17.6. The molecule has 2 fully saturated rings. The lowest BCUT2D eigenvalue weighted by Crippen LogP contribution is -2.69. The van der Waals surface area contributed by atoms with Crippen molar-refractivity contribution in [2.45, 2.75) is 80.6 Å². The number of carboxylic acid groups (broad SMARTS) is 1. The molecule has 0 aromatic rings. The fourth-order valence-corrected chi connectivity index (χ4v) is 3.81. The van der Waals surface area contributed by atoms with E-state index >= 15 is 0 Å². The van der Waals surface area contributed by atoms with E-state index in [2.05, 4.69) is 5.32 Å². The van der Waals surface area contributed by atoms with E-state index < -0.39 is 92.4 Å². The van der Waals surface area contributed by atoms with E-state index in [0.29, 0.717) is 0 Å². The number of methoxy groups -OCH3 is 1. The van der Waals surface area contributed by atoms with Crippen molar-refractivity contribution in [2.75, 3.05) is 20.3 Å². The number of hydrogen-bond acceptors (Lipinski definition) is 12. The Bertz CT molecular complexity index is 650. The Morgan fingerprint density at radius 1 is 1.25 bits per heavy atom. The van der Waals surface area contributed by atoms with Crippen molar-refractivity contribution in [2.24, 2.45) is 0 Å². The van der Waals surface area contributed by atoms with Crippen LogP contribution in [0.25, 0.3) is 0 Å². The van der Waals surface area contributed by atoms with E-state index in [1.54, 1.807) is 0 Å². The average Bonchev–Trinajstić information content (AvgIpc) is 2.75. The summed E-state index contributed by atoms with van der Waals surface area (Å²) in [4.78, 5) is 23.8. The van der Waals surface area contributed by atoms with Crippen LogP contribution in [0.4, 0.5) is 0 Å². The van der Waals surface area contributed by atoms with Crippen LogP contribution >= 0.6 is 0 Å². The summed E-state index contributed by atoms with van der Waals surface area (Å²) in [6.07, 6.45) is -12.9. The Morgan fingerprint density at radius 3 is 2.41 bits per heavy atom. The molecule has 10 atom stereocenters. The number of ether oxygens (including phenoxy) is 4. The minimum absolute atomic E-state index is 0.162. The average molecular weight is 469 g/mol. The highest BCUT2D eigenvalue weighted by Gasteiger charge is 2.57. The summed E-state index contributed by atoms with van der Waals surface area (Å²) in [5.74, 6) is -4.98. The van der Waals surface area contributed by atoms with E-state index in [-0.39, 0.29) is 6.42 Å². The molecule has 2 rings (SSSR count). The normalized spacial score (nSPS) is 39.8. The lowest BCUT2D eigenvalue weighted by molar-refractivity contribution is -0.349. The Hall–Kier alpha value is -1.46. The van der Waals surface area contributed by atoms with Crippen molar-refractivity contribution in [1.82, 2.24) is 5.32 Å². The van der Waals surface area contributed by atoms with Gasteiger partial charge in [-0.25, -0.2) is 4.79 Å². The molecule has 0 bridgehead atoms. The molecule has 2 aliphatic rings. The molecule has 14 heteroatoms. The molecule has 2 saturated heterocycles. The predicted octanol–water partition coefficient (Wildman–Crippen LogP) is -4.36. The molecule has 2 heterocycles. The largest absolute Gasteiger partial charge is 0.477 e. The first-order valence-corrected chi connectivity index (χ1v) is 9.98. The van der Waals surface area contributed by atoms with Gasteiger partial charge in [-0.2, -0.15) is 0 Å². The number of carboxylic acids is 1. The Morgan fingerprint density at radius 2 is 1.91 bits per heavy atom. The van der Waals surface area contributed by atoms with Crippen molar-refractivity contribution in [3.8, 4) is 0 Å². The maximum absolute atomic E-state index is 12.2. The van der Waals surface area contributed by atoms with Gasteiger partial charge in [0, 0.05) is 26.9 Å². The van der Waals surface area contributed by atoms with Gasteiger partial charge in [0.1, 0.15) is 30.5 Å². The number of carbonyl (C=O) groups excluding carboxylic acids is 1. The number of aliphatic carboxylic acids is 1. The van der Waals surface area contributed by atoms with Gasteiger partial charge in [-0.1, -0.05) is 0 Å². The van der Waals surface area contributed by atoms with Crippen LogP contribution in [0, 0.1) is 0 Å². The summed E-state index contributed by atoms with van der Waals surface area (Å²) in [7, 11) is 1.29. The van der Waals surface area contributed by atoms with Gasteiger partial charge in [0.05, 0.1) is 31.5 Å². The van der Waals surface area contributed by atoms with Crippen LogP contribution in [0.5, 0.6) is 0 Å². The van der Waals surface area contributed by atoms with Gasteiger partial charge in [-0.3, -0.25) is 4.79 Å². The van der Waals surface area contributed by atoms with Gasteiger partial charge < -0.3 is 60.0 Å². The Labute approximate surface area is 183 Å². The van der Waals surface area contributed by atoms with Gasteiger partial charge >= 0.3 is 5.97 Å². The minimum atomic E-state index is -2.63. The van der Waals surface area contributed by atoms with Crippen molar-refractivity contribution in [3.05, 3.63) is 0 Å². The lowest BCUT2D eigenvalue weighted by Gasteiger charge is -2.49. The van der Waals surface area contributed by atoms with Crippen molar-refractivity contribution >= 4 is 11.9 Å². The maximum Gasteiger partial charge on any atom is 0.364 e. The number of nitrogens with one attached hydrogen (secondary N) is 1. The molecule has 0 radical (unpaired) electrons. The van der Waals surface area contributed by atoms with Crippen LogP contribution in [-0.4, -0.2) is 129 Å². The Kier molecular flexibility index (Phi) is 9.30. The van der Waals surface area contributed by atoms with Crippen LogP contribution in [0.15, 0.2) is 0 Å². The molecule has 186 valence electrons. The SMILES string of the molecule is CO[C@H]1C[C@@H](O[C@]2(C(=O)O)C[C@H](O)[C@@H](NC(C)=O)[C@H]([C@H](O)[C@H](O)CO)O2)[C@@H](O)[C@@H](CO)O1. The maximum atomic E-state index is 12.2. The molecule has 0 spiro atoms. The van der Waals surface area contributed by atoms with E-state index in [9.17, 15) is 45.3 Å². The zero-order chi connectivity index (χ0) is 24.2. The van der Waals surface area contributed by atoms with Crippen LogP contribution in [0.1, 0.15) is 19.8 Å². The third-order valence-corrected chi connectivity index (χ3v) is 5.48. The smallest absolute Gasteiger partial charge is 0.364 e. The second-order valence-electron chi connectivity index (χ2n) is 7.78. The molecule has 32 heavy (non-hydrogen) atoms.